The monoisotopic (exact) mass is 309 g/mol. The molecule has 3 rings (SSSR count). The van der Waals surface area contributed by atoms with E-state index >= 15 is 0 Å². The maximum atomic E-state index is 13.5. The number of hydrogen-bond donors (Lipinski definition) is 1. The Hall–Kier alpha value is -1.55. The van der Waals surface area contributed by atoms with Crippen LogP contribution in [0, 0.1) is 5.82 Å². The molecule has 20 heavy (non-hydrogen) atoms. The summed E-state index contributed by atoms with van der Waals surface area (Å²) in [5, 5.41) is 1.47. The van der Waals surface area contributed by atoms with Crippen LogP contribution in [0.15, 0.2) is 46.9 Å². The Balaban J connectivity index is 2.08. The molecule has 5 heteroatoms. The van der Waals surface area contributed by atoms with E-state index in [0.717, 1.165) is 5.39 Å². The van der Waals surface area contributed by atoms with Gasteiger partial charge in [-0.1, -0.05) is 35.3 Å². The minimum Gasteiger partial charge on any atom is -0.459 e. The average Bonchev–Trinajstić information content (AvgIpc) is 2.84. The largest absolute Gasteiger partial charge is 0.459 e. The second-order valence-electron chi connectivity index (χ2n) is 4.45. The van der Waals surface area contributed by atoms with Crippen LogP contribution in [0.25, 0.3) is 11.0 Å². The normalized spacial score (nSPS) is 12.8. The van der Waals surface area contributed by atoms with Crippen molar-refractivity contribution in [2.24, 2.45) is 5.73 Å². The molecule has 0 aliphatic rings. The van der Waals surface area contributed by atoms with Gasteiger partial charge in [-0.2, -0.15) is 0 Å². The smallest absolute Gasteiger partial charge is 0.142 e. The molecular weight excluding hydrogens is 300 g/mol. The highest BCUT2D eigenvalue weighted by molar-refractivity contribution is 6.31. The van der Waals surface area contributed by atoms with E-state index in [2.05, 4.69) is 0 Å². The number of furan rings is 1. The Labute approximate surface area is 124 Å². The van der Waals surface area contributed by atoms with Gasteiger partial charge in [-0.15, -0.1) is 0 Å². The molecule has 0 bridgehead atoms. The molecule has 1 aromatic heterocycles. The third kappa shape index (κ3) is 2.29. The van der Waals surface area contributed by atoms with Crippen LogP contribution in [0.1, 0.15) is 17.4 Å². The van der Waals surface area contributed by atoms with Crippen LogP contribution in [0.3, 0.4) is 0 Å². The second-order valence-corrected chi connectivity index (χ2v) is 5.27. The molecule has 0 aliphatic heterocycles. The molecule has 0 spiro atoms. The van der Waals surface area contributed by atoms with Gasteiger partial charge in [0.15, 0.2) is 0 Å². The second kappa shape index (κ2) is 5.09. The van der Waals surface area contributed by atoms with E-state index in [1.807, 2.05) is 0 Å². The van der Waals surface area contributed by atoms with Gasteiger partial charge in [0.05, 0.1) is 11.1 Å². The summed E-state index contributed by atoms with van der Waals surface area (Å²) in [7, 11) is 0. The molecule has 3 aromatic rings. The van der Waals surface area contributed by atoms with Gasteiger partial charge in [-0.3, -0.25) is 0 Å². The molecule has 0 radical (unpaired) electrons. The summed E-state index contributed by atoms with van der Waals surface area (Å²) in [6, 6.07) is 11.0. The Bertz CT molecular complexity index is 785. The highest BCUT2D eigenvalue weighted by Gasteiger charge is 2.18. The zero-order valence-corrected chi connectivity index (χ0v) is 11.8. The van der Waals surface area contributed by atoms with Crippen molar-refractivity contribution in [3.63, 3.8) is 0 Å². The first-order valence-electron chi connectivity index (χ1n) is 5.95. The van der Waals surface area contributed by atoms with Gasteiger partial charge < -0.3 is 10.2 Å². The van der Waals surface area contributed by atoms with Crippen LogP contribution in [0.5, 0.6) is 0 Å². The van der Waals surface area contributed by atoms with E-state index in [-0.39, 0.29) is 5.02 Å². The fourth-order valence-electron chi connectivity index (χ4n) is 2.10. The number of halogens is 3. The first-order valence-corrected chi connectivity index (χ1v) is 6.70. The Morgan fingerprint density at radius 3 is 2.70 bits per heavy atom. The standard InChI is InChI=1S/C15H10Cl2FNO/c16-9-4-5-12-8(6-9)7-13(20-12)15(19)10-2-1-3-11(18)14(10)17/h1-7,15H,19H2. The molecule has 2 aromatic carbocycles. The number of fused-ring (bicyclic) bond motifs is 1. The SMILES string of the molecule is NC(c1cc2cc(Cl)ccc2o1)c1cccc(F)c1Cl. The van der Waals surface area contributed by atoms with Crippen LogP contribution < -0.4 is 5.73 Å². The minimum absolute atomic E-state index is 0.0125. The van der Waals surface area contributed by atoms with E-state index < -0.39 is 11.9 Å². The van der Waals surface area contributed by atoms with Crippen LogP contribution in [-0.4, -0.2) is 0 Å². The summed E-state index contributed by atoms with van der Waals surface area (Å²) in [5.41, 5.74) is 7.27. The van der Waals surface area contributed by atoms with Gasteiger partial charge >= 0.3 is 0 Å². The lowest BCUT2D eigenvalue weighted by atomic mass is 10.0. The highest BCUT2D eigenvalue weighted by atomic mass is 35.5. The van der Waals surface area contributed by atoms with Crippen LogP contribution >= 0.6 is 23.2 Å². The van der Waals surface area contributed by atoms with Crippen LogP contribution in [0.2, 0.25) is 10.0 Å². The Morgan fingerprint density at radius 2 is 1.90 bits per heavy atom. The summed E-state index contributed by atoms with van der Waals surface area (Å²) in [6.07, 6.45) is 0. The van der Waals surface area contributed by atoms with Crippen molar-refractivity contribution >= 4 is 34.2 Å². The molecule has 0 saturated heterocycles. The number of hydrogen-bond acceptors (Lipinski definition) is 2. The minimum atomic E-state index is -0.635. The van der Waals surface area contributed by atoms with Crippen molar-refractivity contribution in [1.82, 2.24) is 0 Å². The summed E-state index contributed by atoms with van der Waals surface area (Å²) in [6.45, 7) is 0. The molecule has 102 valence electrons. The summed E-state index contributed by atoms with van der Waals surface area (Å²) >= 11 is 11.9. The zero-order valence-electron chi connectivity index (χ0n) is 10.2. The van der Waals surface area contributed by atoms with E-state index in [4.69, 9.17) is 33.4 Å². The quantitative estimate of drug-likeness (QED) is 0.729. The topological polar surface area (TPSA) is 39.2 Å². The van der Waals surface area contributed by atoms with Crippen molar-refractivity contribution in [3.05, 3.63) is 69.7 Å². The van der Waals surface area contributed by atoms with Crippen LogP contribution in [-0.2, 0) is 0 Å². The highest BCUT2D eigenvalue weighted by Crippen LogP contribution is 2.32. The molecular formula is C15H10Cl2FNO. The molecule has 1 atom stereocenters. The van der Waals surface area contributed by atoms with E-state index in [1.165, 1.54) is 6.07 Å². The number of rotatable bonds is 2. The molecule has 0 aliphatic carbocycles. The molecule has 2 nitrogen and oxygen atoms in total. The summed E-state index contributed by atoms with van der Waals surface area (Å²) in [5.74, 6) is 0.00791. The lowest BCUT2D eigenvalue weighted by Crippen LogP contribution is -2.11. The molecule has 0 saturated carbocycles. The summed E-state index contributed by atoms with van der Waals surface area (Å²) < 4.78 is 19.1. The third-order valence-electron chi connectivity index (χ3n) is 3.12. The third-order valence-corrected chi connectivity index (χ3v) is 3.75. The molecule has 1 unspecified atom stereocenters. The first-order chi connectivity index (χ1) is 9.56. The predicted molar refractivity (Wildman–Crippen MR) is 78.7 cm³/mol. The molecule has 0 amide bonds. The summed E-state index contributed by atoms with van der Waals surface area (Å²) in [4.78, 5) is 0. The van der Waals surface area contributed by atoms with E-state index in [9.17, 15) is 4.39 Å². The maximum absolute atomic E-state index is 13.5. The van der Waals surface area contributed by atoms with Gasteiger partial charge in [-0.05, 0) is 35.9 Å². The lowest BCUT2D eigenvalue weighted by Gasteiger charge is -2.11. The molecule has 1 heterocycles. The van der Waals surface area contributed by atoms with Crippen molar-refractivity contribution in [2.45, 2.75) is 6.04 Å². The van der Waals surface area contributed by atoms with Crippen molar-refractivity contribution < 1.29 is 8.81 Å². The van der Waals surface area contributed by atoms with Crippen molar-refractivity contribution in [1.29, 1.82) is 0 Å². The maximum Gasteiger partial charge on any atom is 0.142 e. The lowest BCUT2D eigenvalue weighted by molar-refractivity contribution is 0.523. The molecule has 2 N–H and O–H groups in total. The van der Waals surface area contributed by atoms with Crippen molar-refractivity contribution in [3.8, 4) is 0 Å². The van der Waals surface area contributed by atoms with Crippen molar-refractivity contribution in [2.75, 3.05) is 0 Å². The number of nitrogens with two attached hydrogens (primary N) is 1. The zero-order chi connectivity index (χ0) is 14.3. The Kier molecular flexibility index (Phi) is 3.42. The number of benzene rings is 2. The van der Waals surface area contributed by atoms with E-state index in [0.29, 0.717) is 21.9 Å². The first kappa shape index (κ1) is 13.4. The molecule has 0 fully saturated rings. The fourth-order valence-corrected chi connectivity index (χ4v) is 2.53. The van der Waals surface area contributed by atoms with Gasteiger partial charge in [0.2, 0.25) is 0 Å². The van der Waals surface area contributed by atoms with Crippen LogP contribution in [0.4, 0.5) is 4.39 Å². The van der Waals surface area contributed by atoms with Gasteiger partial charge in [0.1, 0.15) is 17.2 Å². The predicted octanol–water partition coefficient (Wildman–Crippen LogP) is 4.93. The van der Waals surface area contributed by atoms with Gasteiger partial charge in [-0.25, -0.2) is 4.39 Å². The average molecular weight is 310 g/mol. The van der Waals surface area contributed by atoms with E-state index in [1.54, 1.807) is 36.4 Å². The van der Waals surface area contributed by atoms with Gasteiger partial charge in [0, 0.05) is 10.4 Å². The Morgan fingerprint density at radius 1 is 1.10 bits per heavy atom. The van der Waals surface area contributed by atoms with Gasteiger partial charge in [0.25, 0.3) is 0 Å². The fraction of sp³-hybridized carbons (Fsp3) is 0.0667.